The number of nitrogens with one attached hydrogen (secondary N) is 1. The predicted molar refractivity (Wildman–Crippen MR) is 142 cm³/mol. The fourth-order valence-electron chi connectivity index (χ4n) is 6.07. The molecule has 7 unspecified atom stereocenters. The van der Waals surface area contributed by atoms with Gasteiger partial charge >= 0.3 is 6.09 Å². The molecule has 4 rings (SSSR count). The van der Waals surface area contributed by atoms with E-state index in [0.29, 0.717) is 6.61 Å². The number of alkyl carbamates (subject to hydrolysis) is 1. The molecule has 0 bridgehead atoms. The molecule has 250 valence electrons. The number of hydrogen-bond acceptors (Lipinski definition) is 15. The van der Waals surface area contributed by atoms with Crippen molar-refractivity contribution in [3.05, 3.63) is 0 Å². The summed E-state index contributed by atoms with van der Waals surface area (Å²) in [4.78, 5) is 12.8. The zero-order chi connectivity index (χ0) is 31.4. The first kappa shape index (κ1) is 34.6. The van der Waals surface area contributed by atoms with E-state index < -0.39 is 117 Å². The van der Waals surface area contributed by atoms with E-state index in [4.69, 9.17) is 33.2 Å². The quantitative estimate of drug-likeness (QED) is 0.108. The van der Waals surface area contributed by atoms with E-state index in [1.165, 1.54) is 0 Å². The Kier molecular flexibility index (Phi) is 12.4. The maximum atomic E-state index is 12.8. The highest BCUT2D eigenvalue weighted by atomic mass is 16.7. The Morgan fingerprint density at radius 3 is 2.19 bits per heavy atom. The van der Waals surface area contributed by atoms with Crippen LogP contribution in [0.2, 0.25) is 0 Å². The van der Waals surface area contributed by atoms with Crippen LogP contribution in [0.25, 0.3) is 0 Å². The summed E-state index contributed by atoms with van der Waals surface area (Å²) in [5.41, 5.74) is 0. The number of aliphatic hydroxyl groups excluding tert-OH is 7. The largest absolute Gasteiger partial charge is 0.440 e. The Morgan fingerprint density at radius 1 is 0.837 bits per heavy atom. The minimum atomic E-state index is -1.58. The van der Waals surface area contributed by atoms with Crippen molar-refractivity contribution in [2.45, 2.75) is 132 Å². The number of carbonyl (C=O) groups excluding carboxylic acids is 1. The smallest absolute Gasteiger partial charge is 0.408 e. The molecule has 8 N–H and O–H groups in total. The SMILES string of the molecule is CCCCCO[C@@H]1OC(CO)[C@@H](C)C(OC(C)[C@@H]2OC(CO)[C@@H]3O[C@@H]4OC(CO)[C@H](O)[C@H](O)C4NC(=O)OC3[C@@H]2O)[C@@H]1O. The molecule has 4 saturated heterocycles. The van der Waals surface area contributed by atoms with E-state index in [2.05, 4.69) is 12.2 Å². The van der Waals surface area contributed by atoms with E-state index >= 15 is 0 Å². The van der Waals surface area contributed by atoms with Gasteiger partial charge in [0, 0.05) is 12.5 Å². The van der Waals surface area contributed by atoms with Crippen molar-refractivity contribution in [3.63, 3.8) is 0 Å². The third-order valence-corrected chi connectivity index (χ3v) is 8.65. The zero-order valence-electron chi connectivity index (χ0n) is 24.6. The van der Waals surface area contributed by atoms with E-state index in [1.54, 1.807) is 13.8 Å². The first-order chi connectivity index (χ1) is 20.6. The lowest BCUT2D eigenvalue weighted by atomic mass is 9.89. The Bertz CT molecular complexity index is 885. The molecule has 16 nitrogen and oxygen atoms in total. The van der Waals surface area contributed by atoms with Crippen LogP contribution in [-0.4, -0.2) is 160 Å². The number of fused-ring (bicyclic) bond motifs is 2. The summed E-state index contributed by atoms with van der Waals surface area (Å²) in [7, 11) is 0. The third kappa shape index (κ3) is 7.43. The van der Waals surface area contributed by atoms with Crippen LogP contribution in [0.5, 0.6) is 0 Å². The van der Waals surface area contributed by atoms with Crippen LogP contribution < -0.4 is 5.32 Å². The molecule has 0 aromatic heterocycles. The van der Waals surface area contributed by atoms with Gasteiger partial charge in [-0.1, -0.05) is 26.7 Å². The minimum absolute atomic E-state index is 0.343. The maximum absolute atomic E-state index is 12.8. The average molecular weight is 626 g/mol. The number of unbranched alkanes of at least 4 members (excludes halogenated alkanes) is 2. The second-order valence-corrected chi connectivity index (χ2v) is 11.6. The van der Waals surface area contributed by atoms with Crippen molar-refractivity contribution in [2.24, 2.45) is 5.92 Å². The van der Waals surface area contributed by atoms with Crippen molar-refractivity contribution in [1.29, 1.82) is 0 Å². The fourth-order valence-corrected chi connectivity index (χ4v) is 6.07. The Hall–Kier alpha value is -1.25. The van der Waals surface area contributed by atoms with Gasteiger partial charge in [0.2, 0.25) is 0 Å². The summed E-state index contributed by atoms with van der Waals surface area (Å²) >= 11 is 0. The van der Waals surface area contributed by atoms with Gasteiger partial charge in [-0.25, -0.2) is 4.79 Å². The van der Waals surface area contributed by atoms with Crippen LogP contribution in [0.3, 0.4) is 0 Å². The first-order valence-electron chi connectivity index (χ1n) is 15.0. The summed E-state index contributed by atoms with van der Waals surface area (Å²) in [6.45, 7) is 4.08. The van der Waals surface area contributed by atoms with Crippen molar-refractivity contribution in [3.8, 4) is 0 Å². The number of rotatable bonds is 11. The summed E-state index contributed by atoms with van der Waals surface area (Å²) < 4.78 is 40.7. The van der Waals surface area contributed by atoms with Crippen molar-refractivity contribution >= 4 is 6.09 Å². The van der Waals surface area contributed by atoms with E-state index in [0.717, 1.165) is 19.3 Å². The van der Waals surface area contributed by atoms with Gasteiger partial charge in [0.05, 0.1) is 38.1 Å². The Labute approximate surface area is 249 Å². The van der Waals surface area contributed by atoms with Gasteiger partial charge in [0.15, 0.2) is 18.7 Å². The molecule has 0 aromatic carbocycles. The normalized spacial score (nSPS) is 46.0. The average Bonchev–Trinajstić information content (AvgIpc) is 2.98. The highest BCUT2D eigenvalue weighted by molar-refractivity contribution is 5.68. The lowest BCUT2D eigenvalue weighted by Crippen LogP contribution is -2.71. The molecule has 43 heavy (non-hydrogen) atoms. The van der Waals surface area contributed by atoms with Crippen LogP contribution in [-0.2, 0) is 33.2 Å². The molecule has 0 saturated carbocycles. The van der Waals surface area contributed by atoms with Crippen LogP contribution in [0.1, 0.15) is 40.0 Å². The highest BCUT2D eigenvalue weighted by Crippen LogP contribution is 2.36. The van der Waals surface area contributed by atoms with Crippen LogP contribution in [0, 0.1) is 5.92 Å². The van der Waals surface area contributed by atoms with Crippen molar-refractivity contribution in [1.82, 2.24) is 5.32 Å². The second-order valence-electron chi connectivity index (χ2n) is 11.6. The second kappa shape index (κ2) is 15.4. The molecule has 0 spiro atoms. The van der Waals surface area contributed by atoms with E-state index in [1.807, 2.05) is 0 Å². The van der Waals surface area contributed by atoms with Gasteiger partial charge in [-0.3, -0.25) is 0 Å². The van der Waals surface area contributed by atoms with Crippen molar-refractivity contribution in [2.75, 3.05) is 26.4 Å². The molecule has 16 heteroatoms. The third-order valence-electron chi connectivity index (χ3n) is 8.65. The molecule has 1 amide bonds. The lowest BCUT2D eigenvalue weighted by Gasteiger charge is -2.51. The predicted octanol–water partition coefficient (Wildman–Crippen LogP) is -2.90. The summed E-state index contributed by atoms with van der Waals surface area (Å²) in [6.07, 6.45) is -15.6. The maximum Gasteiger partial charge on any atom is 0.408 e. The van der Waals surface area contributed by atoms with Gasteiger partial charge in [-0.15, -0.1) is 0 Å². The molecule has 4 fully saturated rings. The van der Waals surface area contributed by atoms with Crippen LogP contribution >= 0.6 is 0 Å². The van der Waals surface area contributed by atoms with Gasteiger partial charge in [0.25, 0.3) is 0 Å². The van der Waals surface area contributed by atoms with Gasteiger partial charge in [-0.2, -0.15) is 0 Å². The molecular weight excluding hydrogens is 578 g/mol. The summed E-state index contributed by atoms with van der Waals surface area (Å²) in [5.74, 6) is -0.492. The number of aliphatic hydroxyl groups is 7. The molecule has 4 heterocycles. The van der Waals surface area contributed by atoms with Crippen molar-refractivity contribution < 1.29 is 73.7 Å². The molecular formula is C27H47NO15. The summed E-state index contributed by atoms with van der Waals surface area (Å²) in [5, 5.41) is 75.2. The molecule has 0 aromatic rings. The molecule has 4 aliphatic heterocycles. The zero-order valence-corrected chi connectivity index (χ0v) is 24.6. The Balaban J connectivity index is 1.49. The molecule has 4 aliphatic rings. The summed E-state index contributed by atoms with van der Waals surface area (Å²) in [6, 6.07) is -1.30. The Morgan fingerprint density at radius 2 is 1.53 bits per heavy atom. The standard InChI is InChI=1S/C27H47NO15/c1-4-5-6-7-37-26-20(35)21(11(2)13(8-29)40-26)38-12(3)22-19(34)24-23(15(10-31)39-22)42-25-16(28-27(36)43-24)18(33)17(32)14(9-30)41-25/h11-26,29-35H,4-10H2,1-3H3,(H,28,36)/t11-,12?,13?,14?,15?,16?,17+,18-,19-,20+,21?,22+,23+,24?,25+,26-/m1/s1. The monoisotopic (exact) mass is 625 g/mol. The molecule has 0 radical (unpaired) electrons. The van der Waals surface area contributed by atoms with Gasteiger partial charge in [0.1, 0.15) is 54.9 Å². The first-order valence-corrected chi connectivity index (χ1v) is 15.0. The number of carbonyl (C=O) groups is 1. The van der Waals surface area contributed by atoms with Crippen LogP contribution in [0.4, 0.5) is 4.79 Å². The lowest BCUT2D eigenvalue weighted by molar-refractivity contribution is -0.339. The number of hydrogen-bond donors (Lipinski definition) is 8. The minimum Gasteiger partial charge on any atom is -0.440 e. The topological polar surface area (TPSA) is 235 Å². The highest BCUT2D eigenvalue weighted by Gasteiger charge is 2.56. The molecule has 0 aliphatic carbocycles. The van der Waals surface area contributed by atoms with Gasteiger partial charge in [-0.05, 0) is 13.3 Å². The van der Waals surface area contributed by atoms with E-state index in [9.17, 15) is 40.5 Å². The van der Waals surface area contributed by atoms with Crippen LogP contribution in [0.15, 0.2) is 0 Å². The number of amides is 1. The fraction of sp³-hybridized carbons (Fsp3) is 0.963. The van der Waals surface area contributed by atoms with Gasteiger partial charge < -0.3 is 74.2 Å². The number of ether oxygens (including phenoxy) is 7. The molecule has 16 atom stereocenters. The van der Waals surface area contributed by atoms with E-state index in [-0.39, 0.29) is 6.61 Å².